The van der Waals surface area contributed by atoms with Crippen LogP contribution in [0.15, 0.2) is 58.2 Å². The number of thioether (sulfide) groups is 1. The van der Waals surface area contributed by atoms with Crippen molar-refractivity contribution in [1.29, 1.82) is 0 Å². The van der Waals surface area contributed by atoms with Crippen LogP contribution in [0.1, 0.15) is 72.1 Å². The molecule has 5 rings (SSSR count). The minimum absolute atomic E-state index is 0.0217. The number of rotatable bonds is 5. The van der Waals surface area contributed by atoms with Crippen molar-refractivity contribution in [2.24, 2.45) is 0 Å². The zero-order chi connectivity index (χ0) is 28.1. The van der Waals surface area contributed by atoms with Gasteiger partial charge >= 0.3 is 6.18 Å². The van der Waals surface area contributed by atoms with Gasteiger partial charge in [-0.15, -0.1) is 11.8 Å². The van der Waals surface area contributed by atoms with Gasteiger partial charge in [0.05, 0.1) is 5.69 Å². The van der Waals surface area contributed by atoms with Gasteiger partial charge in [0.1, 0.15) is 24.6 Å². The van der Waals surface area contributed by atoms with E-state index in [1.165, 1.54) is 15.1 Å². The van der Waals surface area contributed by atoms with Gasteiger partial charge in [0.2, 0.25) is 5.43 Å². The predicted molar refractivity (Wildman–Crippen MR) is 142 cm³/mol. The van der Waals surface area contributed by atoms with Crippen molar-refractivity contribution in [1.82, 2.24) is 9.58 Å². The highest BCUT2D eigenvalue weighted by molar-refractivity contribution is 7.98. The Kier molecular flexibility index (Phi) is 7.04. The quantitative estimate of drug-likeness (QED) is 0.414. The number of alkyl halides is 3. The number of hydrogen-bond acceptors (Lipinski definition) is 6. The Hall–Kier alpha value is -3.60. The van der Waals surface area contributed by atoms with Crippen molar-refractivity contribution >= 4 is 17.7 Å². The van der Waals surface area contributed by atoms with Crippen molar-refractivity contribution in [2.75, 3.05) is 12.1 Å². The summed E-state index contributed by atoms with van der Waals surface area (Å²) in [5.41, 5.74) is 4.89. The molecule has 0 aliphatic carbocycles. The molecular formula is C28H28F3N3O4S. The zero-order valence-electron chi connectivity index (χ0n) is 21.6. The van der Waals surface area contributed by atoms with E-state index in [0.717, 1.165) is 29.9 Å². The molecule has 3 atom stereocenters. The van der Waals surface area contributed by atoms with Gasteiger partial charge in [-0.3, -0.25) is 9.59 Å². The third-order valence-corrected chi connectivity index (χ3v) is 8.49. The summed E-state index contributed by atoms with van der Waals surface area (Å²) < 4.78 is 47.9. The Balaban J connectivity index is 1.56. The van der Waals surface area contributed by atoms with Gasteiger partial charge in [0, 0.05) is 28.2 Å². The van der Waals surface area contributed by atoms with Crippen molar-refractivity contribution in [3.05, 3.63) is 86.8 Å². The molecule has 2 unspecified atom stereocenters. The van der Waals surface area contributed by atoms with E-state index in [1.54, 1.807) is 11.8 Å². The Bertz CT molecular complexity index is 1490. The number of benzene rings is 2. The highest BCUT2D eigenvalue weighted by Crippen LogP contribution is 2.45. The van der Waals surface area contributed by atoms with Gasteiger partial charge < -0.3 is 20.2 Å². The molecule has 0 saturated heterocycles. The van der Waals surface area contributed by atoms with Crippen molar-refractivity contribution in [3.63, 3.8) is 0 Å². The first-order chi connectivity index (χ1) is 18.5. The molecule has 0 radical (unpaired) electrons. The Morgan fingerprint density at radius 3 is 2.64 bits per heavy atom. The lowest BCUT2D eigenvalue weighted by Crippen LogP contribution is -2.55. The topological polar surface area (TPSA) is 83.8 Å². The van der Waals surface area contributed by atoms with Crippen LogP contribution in [-0.4, -0.2) is 39.5 Å². The number of aromatic hydroxyl groups is 1. The second kappa shape index (κ2) is 10.2. The number of halogens is 3. The fourth-order valence-electron chi connectivity index (χ4n) is 5.16. The third-order valence-electron chi connectivity index (χ3n) is 7.35. The lowest BCUT2D eigenvalue weighted by atomic mass is 9.89. The molecule has 1 amide bonds. The molecule has 0 spiro atoms. The lowest BCUT2D eigenvalue weighted by Gasteiger charge is -2.37. The van der Waals surface area contributed by atoms with E-state index in [9.17, 15) is 27.9 Å². The molecular weight excluding hydrogens is 531 g/mol. The van der Waals surface area contributed by atoms with Crippen LogP contribution in [0.4, 0.5) is 13.2 Å². The molecule has 3 aromatic rings. The Labute approximate surface area is 227 Å². The Morgan fingerprint density at radius 1 is 1.18 bits per heavy atom. The van der Waals surface area contributed by atoms with Crippen LogP contribution in [0.3, 0.4) is 0 Å². The SMILES string of the molecule is CCC(Oc1cccc2c1[C@H](C)c1ccccc1SC2)c1cc(=O)c(O)c2n1NCN(C(C)C(F)(F)F)C2=O. The number of carbonyl (C=O) groups is 1. The molecule has 2 N–H and O–H groups in total. The van der Waals surface area contributed by atoms with E-state index in [1.807, 2.05) is 31.2 Å². The van der Waals surface area contributed by atoms with Gasteiger partial charge in [-0.2, -0.15) is 13.2 Å². The molecule has 0 saturated carbocycles. The second-order valence-electron chi connectivity index (χ2n) is 9.67. The fraction of sp³-hybridized carbons (Fsp3) is 0.357. The van der Waals surface area contributed by atoms with Crippen LogP contribution >= 0.6 is 11.8 Å². The number of hydrogen-bond donors (Lipinski definition) is 2. The van der Waals surface area contributed by atoms with Crippen LogP contribution in [-0.2, 0) is 5.75 Å². The van der Waals surface area contributed by atoms with E-state index in [0.29, 0.717) is 17.1 Å². The lowest BCUT2D eigenvalue weighted by molar-refractivity contribution is -0.172. The molecule has 2 aliphatic heterocycles. The van der Waals surface area contributed by atoms with Crippen molar-refractivity contribution in [2.45, 2.75) is 62.1 Å². The first-order valence-corrected chi connectivity index (χ1v) is 13.6. The molecule has 0 fully saturated rings. The average molecular weight is 560 g/mol. The van der Waals surface area contributed by atoms with Gasteiger partial charge in [-0.05, 0) is 36.6 Å². The van der Waals surface area contributed by atoms with E-state index in [-0.39, 0.29) is 11.6 Å². The number of ether oxygens (including phenoxy) is 1. The number of amides is 1. The average Bonchev–Trinajstić information content (AvgIpc) is 3.05. The molecule has 0 bridgehead atoms. The summed E-state index contributed by atoms with van der Waals surface area (Å²) >= 11 is 1.75. The van der Waals surface area contributed by atoms with Crippen molar-refractivity contribution in [3.8, 4) is 11.5 Å². The number of pyridine rings is 1. The normalized spacial score (nSPS) is 18.3. The number of fused-ring (bicyclic) bond motifs is 3. The third kappa shape index (κ3) is 4.73. The van der Waals surface area contributed by atoms with Gasteiger partial charge in [0.15, 0.2) is 11.4 Å². The summed E-state index contributed by atoms with van der Waals surface area (Å²) in [6.07, 6.45) is -5.04. The summed E-state index contributed by atoms with van der Waals surface area (Å²) in [5.74, 6) is -0.620. The maximum atomic E-state index is 13.4. The van der Waals surface area contributed by atoms with Gasteiger partial charge in [-0.25, -0.2) is 4.68 Å². The van der Waals surface area contributed by atoms with Crippen LogP contribution in [0.25, 0.3) is 0 Å². The first kappa shape index (κ1) is 27.0. The molecule has 2 aliphatic rings. The summed E-state index contributed by atoms with van der Waals surface area (Å²) in [6, 6.07) is 13.1. The summed E-state index contributed by atoms with van der Waals surface area (Å²) in [5, 5.41) is 10.5. The highest BCUT2D eigenvalue weighted by Gasteiger charge is 2.45. The van der Waals surface area contributed by atoms with Crippen molar-refractivity contribution < 1.29 is 27.8 Å². The molecule has 11 heteroatoms. The van der Waals surface area contributed by atoms with E-state index < -0.39 is 47.8 Å². The maximum Gasteiger partial charge on any atom is 0.408 e. The monoisotopic (exact) mass is 559 g/mol. The summed E-state index contributed by atoms with van der Waals surface area (Å²) in [6.45, 7) is 4.34. The van der Waals surface area contributed by atoms with Gasteiger partial charge in [0.25, 0.3) is 5.91 Å². The zero-order valence-corrected chi connectivity index (χ0v) is 22.4. The standard InChI is InChI=1S/C28H28F3N3O4S/c1-4-21(38-22-10-7-8-17-13-39-23-11-6-5-9-18(23)15(2)24(17)22)19-12-20(35)26(36)25-27(37)33(14-32-34(19)25)16(3)28(29,30)31/h5-12,15-16,21,32,36H,4,13-14H2,1-3H3/t15-,16?,21?/m1/s1. The molecule has 39 heavy (non-hydrogen) atoms. The predicted octanol–water partition coefficient (Wildman–Crippen LogP) is 5.75. The van der Waals surface area contributed by atoms with Crippen LogP contribution < -0.4 is 15.6 Å². The van der Waals surface area contributed by atoms with Crippen LogP contribution in [0, 0.1) is 0 Å². The van der Waals surface area contributed by atoms with Gasteiger partial charge in [-0.1, -0.05) is 44.2 Å². The molecule has 1 aromatic heterocycles. The number of carbonyl (C=O) groups excluding carboxylic acids is 1. The number of nitrogens with zero attached hydrogens (tertiary/aromatic N) is 2. The second-order valence-corrected chi connectivity index (χ2v) is 10.7. The number of aromatic nitrogens is 1. The largest absolute Gasteiger partial charge is 0.502 e. The minimum Gasteiger partial charge on any atom is -0.502 e. The van der Waals surface area contributed by atoms with E-state index in [4.69, 9.17) is 4.74 Å². The molecule has 7 nitrogen and oxygen atoms in total. The number of nitrogens with one attached hydrogen (secondary N) is 1. The summed E-state index contributed by atoms with van der Waals surface area (Å²) in [7, 11) is 0. The summed E-state index contributed by atoms with van der Waals surface area (Å²) in [4.78, 5) is 27.6. The highest BCUT2D eigenvalue weighted by atomic mass is 32.2. The molecule has 206 valence electrons. The first-order valence-electron chi connectivity index (χ1n) is 12.6. The smallest absolute Gasteiger partial charge is 0.408 e. The fourth-order valence-corrected chi connectivity index (χ4v) is 6.31. The van der Waals surface area contributed by atoms with E-state index in [2.05, 4.69) is 30.5 Å². The molecule has 3 heterocycles. The maximum absolute atomic E-state index is 13.4. The minimum atomic E-state index is -4.68. The van der Waals surface area contributed by atoms with Crippen LogP contribution in [0.5, 0.6) is 11.5 Å². The molecule has 2 aromatic carbocycles. The Morgan fingerprint density at radius 2 is 1.92 bits per heavy atom. The van der Waals surface area contributed by atoms with Crippen LogP contribution in [0.2, 0.25) is 0 Å². The van der Waals surface area contributed by atoms with E-state index >= 15 is 0 Å².